The predicted molar refractivity (Wildman–Crippen MR) is 82.6 cm³/mol. The number of benzene rings is 1. The number of thiazole rings is 1. The second kappa shape index (κ2) is 6.02. The van der Waals surface area contributed by atoms with Crippen LogP contribution in [0.3, 0.4) is 0 Å². The number of nitrogens with two attached hydrogens (primary N) is 1. The van der Waals surface area contributed by atoms with Crippen molar-refractivity contribution in [2.75, 3.05) is 0 Å². The zero-order chi connectivity index (χ0) is 14.8. The van der Waals surface area contributed by atoms with Crippen LogP contribution in [0.15, 0.2) is 29.6 Å². The third-order valence-electron chi connectivity index (χ3n) is 3.17. The van der Waals surface area contributed by atoms with E-state index in [1.165, 1.54) is 12.1 Å². The fraction of sp³-hybridized carbons (Fsp3) is 0.438. The lowest BCUT2D eigenvalue weighted by atomic mass is 9.93. The highest BCUT2D eigenvalue weighted by Crippen LogP contribution is 2.24. The van der Waals surface area contributed by atoms with Gasteiger partial charge in [0.25, 0.3) is 0 Å². The zero-order valence-electron chi connectivity index (χ0n) is 12.2. The number of nitrogens with zero attached hydrogens (tertiary/aromatic N) is 1. The van der Waals surface area contributed by atoms with E-state index in [2.05, 4.69) is 31.1 Å². The maximum atomic E-state index is 12.8. The molecule has 0 aliphatic rings. The van der Waals surface area contributed by atoms with Gasteiger partial charge in [-0.3, -0.25) is 0 Å². The molecule has 2 aromatic rings. The van der Waals surface area contributed by atoms with Crippen LogP contribution >= 0.6 is 11.3 Å². The highest BCUT2D eigenvalue weighted by atomic mass is 32.1. The Morgan fingerprint density at radius 1 is 1.20 bits per heavy atom. The molecule has 0 saturated heterocycles. The van der Waals surface area contributed by atoms with Gasteiger partial charge < -0.3 is 5.73 Å². The van der Waals surface area contributed by atoms with Gasteiger partial charge in [0.1, 0.15) is 5.82 Å². The third-order valence-corrected chi connectivity index (χ3v) is 4.04. The van der Waals surface area contributed by atoms with Crippen LogP contribution in [0.4, 0.5) is 4.39 Å². The highest BCUT2D eigenvalue weighted by Gasteiger charge is 2.18. The van der Waals surface area contributed by atoms with Crippen LogP contribution in [-0.4, -0.2) is 11.0 Å². The van der Waals surface area contributed by atoms with Crippen molar-refractivity contribution >= 4 is 11.3 Å². The molecule has 20 heavy (non-hydrogen) atoms. The predicted octanol–water partition coefficient (Wildman–Crippen LogP) is 3.69. The van der Waals surface area contributed by atoms with Crippen molar-refractivity contribution in [3.63, 3.8) is 0 Å². The Morgan fingerprint density at radius 3 is 2.40 bits per heavy atom. The molecule has 1 heterocycles. The van der Waals surface area contributed by atoms with E-state index >= 15 is 0 Å². The minimum Gasteiger partial charge on any atom is -0.327 e. The molecule has 0 fully saturated rings. The van der Waals surface area contributed by atoms with Crippen LogP contribution in [0.5, 0.6) is 0 Å². The first-order chi connectivity index (χ1) is 9.34. The molecule has 1 atom stereocenters. The molecule has 0 bridgehead atoms. The summed E-state index contributed by atoms with van der Waals surface area (Å²) in [4.78, 5) is 4.66. The van der Waals surface area contributed by atoms with Crippen LogP contribution in [0.1, 0.15) is 37.0 Å². The first-order valence-corrected chi connectivity index (χ1v) is 7.67. The van der Waals surface area contributed by atoms with Gasteiger partial charge in [0, 0.05) is 23.3 Å². The summed E-state index contributed by atoms with van der Waals surface area (Å²) in [6, 6.07) is 6.54. The largest absolute Gasteiger partial charge is 0.327 e. The van der Waals surface area contributed by atoms with E-state index in [-0.39, 0.29) is 17.3 Å². The molecule has 2 N–H and O–H groups in total. The summed E-state index contributed by atoms with van der Waals surface area (Å²) in [5, 5.41) is 3.18. The van der Waals surface area contributed by atoms with Crippen molar-refractivity contribution in [3.05, 3.63) is 51.7 Å². The summed E-state index contributed by atoms with van der Waals surface area (Å²) in [7, 11) is 0. The van der Waals surface area contributed by atoms with Crippen LogP contribution in [0.2, 0.25) is 0 Å². The number of hydrogen-bond donors (Lipinski definition) is 1. The van der Waals surface area contributed by atoms with E-state index < -0.39 is 0 Å². The third kappa shape index (κ3) is 4.12. The standard InChI is InChI=1S/C16H21FN2S/c1-16(2,3)14-10-20-15(19-14)9-13(18)8-11-4-6-12(17)7-5-11/h4-7,10,13H,8-9,18H2,1-3H3. The van der Waals surface area contributed by atoms with Crippen molar-refractivity contribution in [1.82, 2.24) is 4.98 Å². The van der Waals surface area contributed by atoms with Gasteiger partial charge in [-0.15, -0.1) is 11.3 Å². The van der Waals surface area contributed by atoms with Gasteiger partial charge in [-0.25, -0.2) is 9.37 Å². The molecule has 1 aromatic carbocycles. The van der Waals surface area contributed by atoms with Crippen molar-refractivity contribution in [3.8, 4) is 0 Å². The lowest BCUT2D eigenvalue weighted by Gasteiger charge is -2.14. The lowest BCUT2D eigenvalue weighted by molar-refractivity contribution is 0.567. The Morgan fingerprint density at radius 2 is 1.85 bits per heavy atom. The molecule has 2 rings (SSSR count). The first-order valence-electron chi connectivity index (χ1n) is 6.79. The summed E-state index contributed by atoms with van der Waals surface area (Å²) in [6.45, 7) is 6.47. The second-order valence-corrected chi connectivity index (χ2v) is 7.11. The van der Waals surface area contributed by atoms with Gasteiger partial charge in [-0.1, -0.05) is 32.9 Å². The van der Waals surface area contributed by atoms with Crippen LogP contribution in [0.25, 0.3) is 0 Å². The lowest BCUT2D eigenvalue weighted by Crippen LogP contribution is -2.25. The molecule has 1 unspecified atom stereocenters. The van der Waals surface area contributed by atoms with Gasteiger partial charge in [0.05, 0.1) is 10.7 Å². The summed E-state index contributed by atoms with van der Waals surface area (Å²) in [6.07, 6.45) is 1.50. The number of halogens is 1. The Labute approximate surface area is 123 Å². The Balaban J connectivity index is 1.96. The fourth-order valence-electron chi connectivity index (χ4n) is 1.97. The van der Waals surface area contributed by atoms with E-state index in [0.29, 0.717) is 0 Å². The van der Waals surface area contributed by atoms with Crippen molar-refractivity contribution in [1.29, 1.82) is 0 Å². The molecule has 0 amide bonds. The topological polar surface area (TPSA) is 38.9 Å². The van der Waals surface area contributed by atoms with Crippen LogP contribution in [-0.2, 0) is 18.3 Å². The van der Waals surface area contributed by atoms with Gasteiger partial charge in [0.15, 0.2) is 0 Å². The average Bonchev–Trinajstić information content (AvgIpc) is 2.80. The molecule has 4 heteroatoms. The summed E-state index contributed by atoms with van der Waals surface area (Å²) >= 11 is 1.67. The maximum Gasteiger partial charge on any atom is 0.123 e. The van der Waals surface area contributed by atoms with E-state index in [1.807, 2.05) is 0 Å². The number of hydrogen-bond acceptors (Lipinski definition) is 3. The molecular weight excluding hydrogens is 271 g/mol. The van der Waals surface area contributed by atoms with Gasteiger partial charge in [0.2, 0.25) is 0 Å². The second-order valence-electron chi connectivity index (χ2n) is 6.17. The summed E-state index contributed by atoms with van der Waals surface area (Å²) < 4.78 is 12.8. The molecule has 108 valence electrons. The summed E-state index contributed by atoms with van der Waals surface area (Å²) in [5.74, 6) is -0.211. The molecule has 2 nitrogen and oxygen atoms in total. The van der Waals surface area contributed by atoms with Gasteiger partial charge in [-0.2, -0.15) is 0 Å². The SMILES string of the molecule is CC(C)(C)c1csc(CC(N)Cc2ccc(F)cc2)n1. The Kier molecular flexibility index (Phi) is 4.55. The molecule has 0 saturated carbocycles. The first kappa shape index (κ1) is 15.1. The Bertz CT molecular complexity index is 555. The quantitative estimate of drug-likeness (QED) is 0.933. The monoisotopic (exact) mass is 292 g/mol. The van der Waals surface area contributed by atoms with E-state index in [1.54, 1.807) is 23.5 Å². The van der Waals surface area contributed by atoms with E-state index in [9.17, 15) is 4.39 Å². The van der Waals surface area contributed by atoms with Crippen LogP contribution < -0.4 is 5.73 Å². The normalized spacial score (nSPS) is 13.4. The molecule has 0 spiro atoms. The number of rotatable bonds is 4. The maximum absolute atomic E-state index is 12.8. The molecule has 0 radical (unpaired) electrons. The van der Waals surface area contributed by atoms with Crippen LogP contribution in [0, 0.1) is 5.82 Å². The van der Waals surface area contributed by atoms with Crippen molar-refractivity contribution in [2.24, 2.45) is 5.73 Å². The smallest absolute Gasteiger partial charge is 0.123 e. The van der Waals surface area contributed by atoms with Gasteiger partial charge in [-0.05, 0) is 24.1 Å². The molecule has 0 aliphatic carbocycles. The minimum absolute atomic E-state index is 0.0134. The highest BCUT2D eigenvalue weighted by molar-refractivity contribution is 7.09. The minimum atomic E-state index is -0.211. The van der Waals surface area contributed by atoms with Gasteiger partial charge >= 0.3 is 0 Å². The average molecular weight is 292 g/mol. The molecule has 0 aliphatic heterocycles. The Hall–Kier alpha value is -1.26. The van der Waals surface area contributed by atoms with Crippen molar-refractivity contribution in [2.45, 2.75) is 45.1 Å². The summed E-state index contributed by atoms with van der Waals surface area (Å²) in [5.41, 5.74) is 8.42. The zero-order valence-corrected chi connectivity index (χ0v) is 13.0. The van der Waals surface area contributed by atoms with Crippen molar-refractivity contribution < 1.29 is 4.39 Å². The van der Waals surface area contributed by atoms with E-state index in [0.717, 1.165) is 29.1 Å². The van der Waals surface area contributed by atoms with E-state index in [4.69, 9.17) is 5.73 Å². The molecular formula is C16H21FN2S. The number of aromatic nitrogens is 1. The fourth-order valence-corrected chi connectivity index (χ4v) is 3.08. The molecule has 1 aromatic heterocycles.